The molecule has 3 nitrogen and oxygen atoms in total. The zero-order valence-electron chi connectivity index (χ0n) is 10.9. The highest BCUT2D eigenvalue weighted by Crippen LogP contribution is 2.23. The fourth-order valence-corrected chi connectivity index (χ4v) is 2.07. The molecule has 1 atom stereocenters. The Morgan fingerprint density at radius 1 is 1.41 bits per heavy atom. The van der Waals surface area contributed by atoms with Gasteiger partial charge >= 0.3 is 0 Å². The average Bonchev–Trinajstić information content (AvgIpc) is 2.18. The third kappa shape index (κ3) is 3.43. The van der Waals surface area contributed by atoms with Crippen LogP contribution < -0.4 is 10.1 Å². The highest BCUT2D eigenvalue weighted by Gasteiger charge is 2.29. The summed E-state index contributed by atoms with van der Waals surface area (Å²) < 4.78 is 6.08. The smallest absolute Gasteiger partial charge is 0.138 e. The van der Waals surface area contributed by atoms with Crippen molar-refractivity contribution in [3.8, 4) is 5.75 Å². The molecule has 1 saturated heterocycles. The second-order valence-corrected chi connectivity index (χ2v) is 5.34. The summed E-state index contributed by atoms with van der Waals surface area (Å²) >= 11 is 0. The van der Waals surface area contributed by atoms with Crippen molar-refractivity contribution in [2.24, 2.45) is 11.8 Å². The van der Waals surface area contributed by atoms with E-state index in [0.717, 1.165) is 31.0 Å². The van der Waals surface area contributed by atoms with Crippen LogP contribution in [0.15, 0.2) is 18.3 Å². The molecule has 1 aliphatic heterocycles. The monoisotopic (exact) mass is 234 g/mol. The number of rotatable bonds is 5. The molecule has 1 fully saturated rings. The number of aryl methyl sites for hydroxylation is 1. The van der Waals surface area contributed by atoms with Gasteiger partial charge in [-0.3, -0.25) is 4.98 Å². The second kappa shape index (κ2) is 5.50. The number of nitrogens with one attached hydrogen (secondary N) is 1. The molecule has 0 spiro atoms. The van der Waals surface area contributed by atoms with Crippen LogP contribution in [0.3, 0.4) is 0 Å². The summed E-state index contributed by atoms with van der Waals surface area (Å²) in [6.45, 7) is 8.64. The van der Waals surface area contributed by atoms with Crippen molar-refractivity contribution < 1.29 is 4.74 Å². The van der Waals surface area contributed by atoms with Gasteiger partial charge in [0, 0.05) is 24.7 Å². The molecule has 0 bridgehead atoms. The molecule has 1 aromatic rings. The van der Waals surface area contributed by atoms with Gasteiger partial charge in [0.05, 0.1) is 6.20 Å². The summed E-state index contributed by atoms with van der Waals surface area (Å²) in [6.07, 6.45) is 3.26. The number of ether oxygens (including phenoxy) is 1. The Morgan fingerprint density at radius 2 is 2.18 bits per heavy atom. The maximum Gasteiger partial charge on any atom is 0.138 e. The Hall–Kier alpha value is -1.09. The van der Waals surface area contributed by atoms with E-state index in [1.807, 2.05) is 25.3 Å². The van der Waals surface area contributed by atoms with Gasteiger partial charge in [-0.2, -0.15) is 0 Å². The molecule has 2 heterocycles. The van der Waals surface area contributed by atoms with Gasteiger partial charge in [0.1, 0.15) is 11.9 Å². The van der Waals surface area contributed by atoms with Gasteiger partial charge in [-0.05, 0) is 31.4 Å². The van der Waals surface area contributed by atoms with Crippen LogP contribution in [-0.2, 0) is 0 Å². The van der Waals surface area contributed by atoms with Gasteiger partial charge < -0.3 is 10.1 Å². The molecule has 3 heteroatoms. The lowest BCUT2D eigenvalue weighted by atomic mass is 9.90. The van der Waals surface area contributed by atoms with Crippen LogP contribution in [0.2, 0.25) is 0 Å². The first-order chi connectivity index (χ1) is 8.15. The maximum atomic E-state index is 6.08. The zero-order valence-corrected chi connectivity index (χ0v) is 10.9. The number of hydrogen-bond donors (Lipinski definition) is 1. The van der Waals surface area contributed by atoms with Crippen molar-refractivity contribution in [2.75, 3.05) is 13.1 Å². The summed E-state index contributed by atoms with van der Waals surface area (Å²) in [5, 5.41) is 3.31. The number of aromatic nitrogens is 1. The number of pyridine rings is 1. The minimum Gasteiger partial charge on any atom is -0.488 e. The summed E-state index contributed by atoms with van der Waals surface area (Å²) in [4.78, 5) is 4.27. The predicted molar refractivity (Wildman–Crippen MR) is 69.2 cm³/mol. The predicted octanol–water partition coefficient (Wildman–Crippen LogP) is 2.40. The fourth-order valence-electron chi connectivity index (χ4n) is 2.07. The molecule has 0 aliphatic carbocycles. The molecule has 0 radical (unpaired) electrons. The first-order valence-electron chi connectivity index (χ1n) is 6.45. The molecule has 2 rings (SSSR count). The molecule has 1 N–H and O–H groups in total. The van der Waals surface area contributed by atoms with Crippen LogP contribution in [0.1, 0.15) is 26.0 Å². The lowest BCUT2D eigenvalue weighted by Crippen LogP contribution is -2.50. The molecule has 1 unspecified atom stereocenters. The van der Waals surface area contributed by atoms with Crippen LogP contribution in [0.4, 0.5) is 0 Å². The van der Waals surface area contributed by atoms with E-state index in [2.05, 4.69) is 24.1 Å². The third-order valence-corrected chi connectivity index (χ3v) is 3.21. The Labute approximate surface area is 104 Å². The highest BCUT2D eigenvalue weighted by molar-refractivity contribution is 5.19. The van der Waals surface area contributed by atoms with E-state index in [-0.39, 0.29) is 0 Å². The fraction of sp³-hybridized carbons (Fsp3) is 0.643. The van der Waals surface area contributed by atoms with Gasteiger partial charge in [-0.15, -0.1) is 0 Å². The average molecular weight is 234 g/mol. The summed E-state index contributed by atoms with van der Waals surface area (Å²) in [5.74, 6) is 2.21. The van der Waals surface area contributed by atoms with Crippen molar-refractivity contribution in [2.45, 2.75) is 33.3 Å². The molecule has 17 heavy (non-hydrogen) atoms. The largest absolute Gasteiger partial charge is 0.488 e. The minimum absolute atomic E-state index is 0.320. The van der Waals surface area contributed by atoms with Gasteiger partial charge in [-0.25, -0.2) is 0 Å². The van der Waals surface area contributed by atoms with Crippen molar-refractivity contribution in [1.82, 2.24) is 10.3 Å². The topological polar surface area (TPSA) is 34.1 Å². The van der Waals surface area contributed by atoms with E-state index in [4.69, 9.17) is 4.74 Å². The first-order valence-corrected chi connectivity index (χ1v) is 6.45. The van der Waals surface area contributed by atoms with E-state index in [1.54, 1.807) is 0 Å². The normalized spacial score (nSPS) is 17.9. The summed E-state index contributed by atoms with van der Waals surface area (Å²) in [6, 6.07) is 4.02. The van der Waals surface area contributed by atoms with Gasteiger partial charge in [0.2, 0.25) is 0 Å². The zero-order chi connectivity index (χ0) is 12.3. The van der Waals surface area contributed by atoms with Crippen LogP contribution in [0.25, 0.3) is 0 Å². The van der Waals surface area contributed by atoms with E-state index in [9.17, 15) is 0 Å². The minimum atomic E-state index is 0.320. The van der Waals surface area contributed by atoms with E-state index in [1.165, 1.54) is 0 Å². The summed E-state index contributed by atoms with van der Waals surface area (Å²) in [5.41, 5.74) is 1.03. The number of hydrogen-bond acceptors (Lipinski definition) is 3. The van der Waals surface area contributed by atoms with E-state index >= 15 is 0 Å². The van der Waals surface area contributed by atoms with Crippen molar-refractivity contribution in [3.05, 3.63) is 24.0 Å². The molecule has 0 saturated carbocycles. The molecular formula is C14H22N2O. The Kier molecular flexibility index (Phi) is 4.00. The molecular weight excluding hydrogens is 212 g/mol. The van der Waals surface area contributed by atoms with Crippen molar-refractivity contribution >= 4 is 0 Å². The Bertz CT molecular complexity index is 344. The first kappa shape index (κ1) is 12.4. The van der Waals surface area contributed by atoms with Crippen LogP contribution in [-0.4, -0.2) is 24.2 Å². The third-order valence-electron chi connectivity index (χ3n) is 3.21. The van der Waals surface area contributed by atoms with E-state index in [0.29, 0.717) is 17.9 Å². The van der Waals surface area contributed by atoms with Crippen molar-refractivity contribution in [3.63, 3.8) is 0 Å². The standard InChI is InChI=1S/C14H22N2O/c1-10(2)6-14(12-7-15-8-12)17-13-5-4-11(3)16-9-13/h4-5,9-10,12,14-15H,6-8H2,1-3H3. The lowest BCUT2D eigenvalue weighted by molar-refractivity contribution is 0.0803. The molecule has 1 aromatic heterocycles. The lowest BCUT2D eigenvalue weighted by Gasteiger charge is -2.35. The second-order valence-electron chi connectivity index (χ2n) is 5.34. The van der Waals surface area contributed by atoms with Crippen molar-refractivity contribution in [1.29, 1.82) is 0 Å². The van der Waals surface area contributed by atoms with Gasteiger partial charge in [-0.1, -0.05) is 13.8 Å². The molecule has 94 valence electrons. The number of nitrogens with zero attached hydrogens (tertiary/aromatic N) is 1. The molecule has 0 aromatic carbocycles. The van der Waals surface area contributed by atoms with Gasteiger partial charge in [0.15, 0.2) is 0 Å². The SMILES string of the molecule is Cc1ccc(OC(CC(C)C)C2CNC2)cn1. The van der Waals surface area contributed by atoms with Crippen LogP contribution in [0.5, 0.6) is 5.75 Å². The summed E-state index contributed by atoms with van der Waals surface area (Å²) in [7, 11) is 0. The Balaban J connectivity index is 1.98. The van der Waals surface area contributed by atoms with Crippen LogP contribution in [0, 0.1) is 18.8 Å². The Morgan fingerprint density at radius 3 is 2.65 bits per heavy atom. The van der Waals surface area contributed by atoms with Crippen LogP contribution >= 0.6 is 0 Å². The quantitative estimate of drug-likeness (QED) is 0.849. The molecule has 1 aliphatic rings. The van der Waals surface area contributed by atoms with Gasteiger partial charge in [0.25, 0.3) is 0 Å². The molecule has 0 amide bonds. The maximum absolute atomic E-state index is 6.08. The van der Waals surface area contributed by atoms with E-state index < -0.39 is 0 Å². The highest BCUT2D eigenvalue weighted by atomic mass is 16.5.